The molecule has 0 bridgehead atoms. The lowest BCUT2D eigenvalue weighted by atomic mass is 9.76. The standard InChI is InChI=1S/C17H31N3/c1-5-9-18-17-8-7-13(3)10-15(17)12-16-11-14(4)19-20(16)6-2/h11,13,15,17-18H,5-10,12H2,1-4H3. The molecule has 0 aromatic carbocycles. The Balaban J connectivity index is 2.05. The van der Waals surface area contributed by atoms with Gasteiger partial charge in [0, 0.05) is 18.3 Å². The molecule has 3 heteroatoms. The van der Waals surface area contributed by atoms with E-state index < -0.39 is 0 Å². The zero-order valence-electron chi connectivity index (χ0n) is 13.7. The fraction of sp³-hybridized carbons (Fsp3) is 0.824. The van der Waals surface area contributed by atoms with Crippen LogP contribution in [0, 0.1) is 18.8 Å². The van der Waals surface area contributed by atoms with Crippen molar-refractivity contribution in [2.75, 3.05) is 6.54 Å². The Hall–Kier alpha value is -0.830. The third-order valence-corrected chi connectivity index (χ3v) is 4.66. The van der Waals surface area contributed by atoms with Gasteiger partial charge < -0.3 is 5.32 Å². The molecule has 20 heavy (non-hydrogen) atoms. The van der Waals surface area contributed by atoms with Gasteiger partial charge in [0.25, 0.3) is 0 Å². The van der Waals surface area contributed by atoms with Crippen LogP contribution in [-0.4, -0.2) is 22.4 Å². The van der Waals surface area contributed by atoms with Crippen LogP contribution < -0.4 is 5.32 Å². The third-order valence-electron chi connectivity index (χ3n) is 4.66. The van der Waals surface area contributed by atoms with Crippen molar-refractivity contribution in [3.05, 3.63) is 17.5 Å². The lowest BCUT2D eigenvalue weighted by Crippen LogP contribution is -2.41. The molecule has 0 radical (unpaired) electrons. The summed E-state index contributed by atoms with van der Waals surface area (Å²) in [5.41, 5.74) is 2.58. The van der Waals surface area contributed by atoms with E-state index in [-0.39, 0.29) is 0 Å². The van der Waals surface area contributed by atoms with Crippen LogP contribution in [0.3, 0.4) is 0 Å². The molecule has 3 atom stereocenters. The molecule has 114 valence electrons. The Kier molecular flexibility index (Phi) is 5.64. The van der Waals surface area contributed by atoms with Gasteiger partial charge in [0.05, 0.1) is 5.69 Å². The minimum atomic E-state index is 0.701. The van der Waals surface area contributed by atoms with Crippen LogP contribution in [0.5, 0.6) is 0 Å². The van der Waals surface area contributed by atoms with Gasteiger partial charge in [-0.1, -0.05) is 13.8 Å². The van der Waals surface area contributed by atoms with Gasteiger partial charge in [0.2, 0.25) is 0 Å². The first-order valence-corrected chi connectivity index (χ1v) is 8.40. The molecule has 1 aromatic rings. The first-order valence-electron chi connectivity index (χ1n) is 8.40. The highest BCUT2D eigenvalue weighted by Crippen LogP contribution is 2.31. The van der Waals surface area contributed by atoms with E-state index in [0.717, 1.165) is 30.6 Å². The second-order valence-electron chi connectivity index (χ2n) is 6.54. The number of hydrogen-bond acceptors (Lipinski definition) is 2. The van der Waals surface area contributed by atoms with E-state index in [1.165, 1.54) is 37.8 Å². The van der Waals surface area contributed by atoms with Crippen LogP contribution >= 0.6 is 0 Å². The Bertz CT molecular complexity index is 408. The minimum absolute atomic E-state index is 0.701. The van der Waals surface area contributed by atoms with Gasteiger partial charge >= 0.3 is 0 Å². The highest BCUT2D eigenvalue weighted by Gasteiger charge is 2.29. The fourth-order valence-electron chi connectivity index (χ4n) is 3.63. The summed E-state index contributed by atoms with van der Waals surface area (Å²) in [5, 5.41) is 8.37. The summed E-state index contributed by atoms with van der Waals surface area (Å²) >= 11 is 0. The maximum Gasteiger partial charge on any atom is 0.0596 e. The van der Waals surface area contributed by atoms with Gasteiger partial charge in [-0.25, -0.2) is 0 Å². The molecule has 1 fully saturated rings. The van der Waals surface area contributed by atoms with Crippen molar-refractivity contribution in [1.29, 1.82) is 0 Å². The zero-order valence-corrected chi connectivity index (χ0v) is 13.7. The third kappa shape index (κ3) is 3.85. The van der Waals surface area contributed by atoms with Crippen LogP contribution in [0.4, 0.5) is 0 Å². The second-order valence-corrected chi connectivity index (χ2v) is 6.54. The lowest BCUT2D eigenvalue weighted by Gasteiger charge is -2.35. The van der Waals surface area contributed by atoms with Crippen LogP contribution in [0.2, 0.25) is 0 Å². The van der Waals surface area contributed by atoms with E-state index in [1.807, 2.05) is 0 Å². The molecule has 1 saturated carbocycles. The van der Waals surface area contributed by atoms with E-state index >= 15 is 0 Å². The maximum atomic E-state index is 4.60. The van der Waals surface area contributed by atoms with Gasteiger partial charge in [-0.2, -0.15) is 5.10 Å². The lowest BCUT2D eigenvalue weighted by molar-refractivity contribution is 0.209. The summed E-state index contributed by atoms with van der Waals surface area (Å²) in [7, 11) is 0. The summed E-state index contributed by atoms with van der Waals surface area (Å²) < 4.78 is 2.19. The average Bonchev–Trinajstić information content (AvgIpc) is 2.78. The van der Waals surface area contributed by atoms with Gasteiger partial charge in [0.1, 0.15) is 0 Å². The van der Waals surface area contributed by atoms with Crippen LogP contribution in [0.1, 0.15) is 57.8 Å². The monoisotopic (exact) mass is 277 g/mol. The molecule has 1 aromatic heterocycles. The SMILES string of the molecule is CCCNC1CCC(C)CC1Cc1cc(C)nn1CC. The quantitative estimate of drug-likeness (QED) is 0.861. The van der Waals surface area contributed by atoms with Gasteiger partial charge in [-0.3, -0.25) is 4.68 Å². The van der Waals surface area contributed by atoms with Crippen LogP contribution in [0.15, 0.2) is 6.07 Å². The topological polar surface area (TPSA) is 29.9 Å². The summed E-state index contributed by atoms with van der Waals surface area (Å²) in [6.07, 6.45) is 6.48. The Morgan fingerprint density at radius 3 is 2.85 bits per heavy atom. The molecule has 0 saturated heterocycles. The minimum Gasteiger partial charge on any atom is -0.314 e. The van der Waals surface area contributed by atoms with Crippen molar-refractivity contribution in [2.45, 2.75) is 72.4 Å². The number of aromatic nitrogens is 2. The molecule has 3 unspecified atom stereocenters. The van der Waals surface area contributed by atoms with E-state index in [4.69, 9.17) is 0 Å². The number of nitrogens with zero attached hydrogens (tertiary/aromatic N) is 2. The van der Waals surface area contributed by atoms with E-state index in [9.17, 15) is 0 Å². The molecule has 0 spiro atoms. The average molecular weight is 277 g/mol. The normalized spacial score (nSPS) is 26.9. The summed E-state index contributed by atoms with van der Waals surface area (Å²) in [5.74, 6) is 1.64. The predicted octanol–water partition coefficient (Wildman–Crippen LogP) is 3.56. The van der Waals surface area contributed by atoms with Crippen molar-refractivity contribution in [3.8, 4) is 0 Å². The van der Waals surface area contributed by atoms with Gasteiger partial charge in [-0.05, 0) is 70.4 Å². The van der Waals surface area contributed by atoms with Crippen molar-refractivity contribution < 1.29 is 0 Å². The summed E-state index contributed by atoms with van der Waals surface area (Å²) in [6.45, 7) is 11.1. The molecule has 0 amide bonds. The van der Waals surface area contributed by atoms with Gasteiger partial charge in [-0.15, -0.1) is 0 Å². The molecule has 3 nitrogen and oxygen atoms in total. The Morgan fingerprint density at radius 1 is 1.35 bits per heavy atom. The fourth-order valence-corrected chi connectivity index (χ4v) is 3.63. The molecular weight excluding hydrogens is 246 g/mol. The first-order chi connectivity index (χ1) is 9.63. The molecule has 0 aliphatic heterocycles. The molecule has 2 rings (SSSR count). The van der Waals surface area contributed by atoms with Gasteiger partial charge in [0.15, 0.2) is 0 Å². The smallest absolute Gasteiger partial charge is 0.0596 e. The largest absolute Gasteiger partial charge is 0.314 e. The van der Waals surface area contributed by atoms with Crippen molar-refractivity contribution in [3.63, 3.8) is 0 Å². The zero-order chi connectivity index (χ0) is 14.5. The van der Waals surface area contributed by atoms with E-state index in [0.29, 0.717) is 6.04 Å². The molecule has 1 heterocycles. The molecule has 1 N–H and O–H groups in total. The highest BCUT2D eigenvalue weighted by atomic mass is 15.3. The van der Waals surface area contributed by atoms with Crippen LogP contribution in [-0.2, 0) is 13.0 Å². The number of nitrogens with one attached hydrogen (secondary N) is 1. The predicted molar refractivity (Wildman–Crippen MR) is 84.9 cm³/mol. The van der Waals surface area contributed by atoms with E-state index in [2.05, 4.69) is 48.9 Å². The first kappa shape index (κ1) is 15.6. The highest BCUT2D eigenvalue weighted by molar-refractivity contribution is 5.10. The summed E-state index contributed by atoms with van der Waals surface area (Å²) in [4.78, 5) is 0. The maximum absolute atomic E-state index is 4.60. The second kappa shape index (κ2) is 7.26. The number of hydrogen-bond donors (Lipinski definition) is 1. The van der Waals surface area contributed by atoms with Crippen LogP contribution in [0.25, 0.3) is 0 Å². The van der Waals surface area contributed by atoms with E-state index in [1.54, 1.807) is 0 Å². The van der Waals surface area contributed by atoms with Crippen molar-refractivity contribution in [1.82, 2.24) is 15.1 Å². The van der Waals surface area contributed by atoms with Crippen molar-refractivity contribution in [2.24, 2.45) is 11.8 Å². The Labute approximate surface area is 124 Å². The molecule has 1 aliphatic carbocycles. The Morgan fingerprint density at radius 2 is 2.15 bits per heavy atom. The molecule has 1 aliphatic rings. The number of aryl methyl sites for hydroxylation is 2. The number of rotatable bonds is 6. The summed E-state index contributed by atoms with van der Waals surface area (Å²) in [6, 6.07) is 2.98. The van der Waals surface area contributed by atoms with Crippen molar-refractivity contribution >= 4 is 0 Å². The molecular formula is C17H31N3.